The van der Waals surface area contributed by atoms with Crippen LogP contribution in [0.1, 0.15) is 53.3 Å². The minimum atomic E-state index is -0.0385. The smallest absolute Gasteiger partial charge is 0.274 e. The molecule has 5 nitrogen and oxygen atoms in total. The number of aromatic amines is 1. The van der Waals surface area contributed by atoms with E-state index in [4.69, 9.17) is 23.2 Å². The van der Waals surface area contributed by atoms with Crippen LogP contribution in [0.15, 0.2) is 24.3 Å². The van der Waals surface area contributed by atoms with Crippen LogP contribution in [0.4, 0.5) is 0 Å². The third kappa shape index (κ3) is 4.65. The molecule has 0 atom stereocenters. The summed E-state index contributed by atoms with van der Waals surface area (Å²) in [6.07, 6.45) is 4.84. The number of amides is 1. The number of carbonyl (C=O) groups is 1. The molecule has 7 heteroatoms. The molecule has 1 aliphatic heterocycles. The Morgan fingerprint density at radius 2 is 1.96 bits per heavy atom. The molecule has 0 bridgehead atoms. The molecule has 1 N–H and O–H groups in total. The maximum absolute atomic E-state index is 13.1. The minimum absolute atomic E-state index is 0.0385. The van der Waals surface area contributed by atoms with E-state index in [-0.39, 0.29) is 5.91 Å². The lowest BCUT2D eigenvalue weighted by atomic mass is 10.2. The third-order valence-corrected chi connectivity index (χ3v) is 6.10. The van der Waals surface area contributed by atoms with Crippen molar-refractivity contribution in [3.63, 3.8) is 0 Å². The normalized spacial score (nSPS) is 17.4. The lowest BCUT2D eigenvalue weighted by molar-refractivity contribution is 0.0721. The molecule has 0 spiro atoms. The summed E-state index contributed by atoms with van der Waals surface area (Å²) in [5.74, 6) is 0.510. The van der Waals surface area contributed by atoms with Crippen molar-refractivity contribution in [1.29, 1.82) is 0 Å². The summed E-state index contributed by atoms with van der Waals surface area (Å²) in [7, 11) is 0. The zero-order valence-electron chi connectivity index (χ0n) is 15.3. The van der Waals surface area contributed by atoms with Gasteiger partial charge in [0.05, 0.1) is 10.0 Å². The Morgan fingerprint density at radius 1 is 1.19 bits per heavy atom. The molecule has 0 radical (unpaired) electrons. The van der Waals surface area contributed by atoms with Gasteiger partial charge in [0.1, 0.15) is 5.69 Å². The van der Waals surface area contributed by atoms with Gasteiger partial charge in [0.25, 0.3) is 5.91 Å². The van der Waals surface area contributed by atoms with E-state index in [0.717, 1.165) is 30.9 Å². The molecule has 2 aromatic rings. The standard InChI is InChI=1S/C20H24Cl2N4O/c21-16-6-3-14(11-17(16)22)13-26(10-9-25-7-1-2-8-25)20(27)19-12-18(23-24-19)15-4-5-15/h3,6,11-12,15H,1-2,4-5,7-10,13H2,(H,23,24). The van der Waals surface area contributed by atoms with Gasteiger partial charge in [0.15, 0.2) is 0 Å². The van der Waals surface area contributed by atoms with Crippen LogP contribution < -0.4 is 0 Å². The predicted molar refractivity (Wildman–Crippen MR) is 107 cm³/mol. The molecule has 1 saturated heterocycles. The predicted octanol–water partition coefficient (Wildman–Crippen LogP) is 4.33. The van der Waals surface area contributed by atoms with E-state index in [1.54, 1.807) is 6.07 Å². The maximum Gasteiger partial charge on any atom is 0.274 e. The SMILES string of the molecule is O=C(c1cc(C2CC2)[nH]n1)N(CCN1CCCC1)Cc1ccc(Cl)c(Cl)c1. The molecule has 144 valence electrons. The van der Waals surface area contributed by atoms with Crippen molar-refractivity contribution in [2.24, 2.45) is 0 Å². The van der Waals surface area contributed by atoms with Crippen molar-refractivity contribution in [3.8, 4) is 0 Å². The molecular formula is C20H24Cl2N4O. The fourth-order valence-electron chi connectivity index (χ4n) is 3.59. The Hall–Kier alpha value is -1.56. The van der Waals surface area contributed by atoms with E-state index >= 15 is 0 Å². The van der Waals surface area contributed by atoms with E-state index in [2.05, 4.69) is 15.1 Å². The summed E-state index contributed by atoms with van der Waals surface area (Å²) in [6, 6.07) is 7.45. The zero-order valence-corrected chi connectivity index (χ0v) is 16.8. The van der Waals surface area contributed by atoms with Gasteiger partial charge in [-0.25, -0.2) is 0 Å². The number of H-pyrrole nitrogens is 1. The van der Waals surface area contributed by atoms with Crippen LogP contribution in [0.3, 0.4) is 0 Å². The van der Waals surface area contributed by atoms with Crippen molar-refractivity contribution in [3.05, 3.63) is 51.3 Å². The van der Waals surface area contributed by atoms with Gasteiger partial charge < -0.3 is 9.80 Å². The highest BCUT2D eigenvalue weighted by Gasteiger charge is 2.28. The lowest BCUT2D eigenvalue weighted by Gasteiger charge is -2.25. The second-order valence-corrected chi connectivity index (χ2v) is 8.32. The topological polar surface area (TPSA) is 52.2 Å². The van der Waals surface area contributed by atoms with Gasteiger partial charge in [0.2, 0.25) is 0 Å². The van der Waals surface area contributed by atoms with Crippen LogP contribution in [0.5, 0.6) is 0 Å². The summed E-state index contributed by atoms with van der Waals surface area (Å²) in [4.78, 5) is 17.4. The Labute approximate surface area is 169 Å². The number of hydrogen-bond acceptors (Lipinski definition) is 3. The number of halogens is 2. The fraction of sp³-hybridized carbons (Fsp3) is 0.500. The van der Waals surface area contributed by atoms with Crippen LogP contribution in [0, 0.1) is 0 Å². The number of rotatable bonds is 7. The number of nitrogens with zero attached hydrogens (tertiary/aromatic N) is 3. The number of hydrogen-bond donors (Lipinski definition) is 1. The van der Waals surface area contributed by atoms with E-state index in [0.29, 0.717) is 34.7 Å². The molecular weight excluding hydrogens is 383 g/mol. The molecule has 0 unspecified atom stereocenters. The van der Waals surface area contributed by atoms with E-state index < -0.39 is 0 Å². The number of aromatic nitrogens is 2. The Morgan fingerprint density at radius 3 is 2.67 bits per heavy atom. The van der Waals surface area contributed by atoms with E-state index in [1.807, 2.05) is 23.1 Å². The highest BCUT2D eigenvalue weighted by Crippen LogP contribution is 2.39. The molecule has 1 saturated carbocycles. The molecule has 1 aromatic heterocycles. The number of nitrogens with one attached hydrogen (secondary N) is 1. The summed E-state index contributed by atoms with van der Waals surface area (Å²) >= 11 is 12.2. The monoisotopic (exact) mass is 406 g/mol. The number of carbonyl (C=O) groups excluding carboxylic acids is 1. The Bertz CT molecular complexity index is 812. The average Bonchev–Trinajstić information content (AvgIpc) is 3.18. The van der Waals surface area contributed by atoms with E-state index in [1.165, 1.54) is 25.7 Å². The molecule has 2 heterocycles. The summed E-state index contributed by atoms with van der Waals surface area (Å²) in [5.41, 5.74) is 2.54. The van der Waals surface area contributed by atoms with Gasteiger partial charge in [-0.15, -0.1) is 0 Å². The molecule has 2 fully saturated rings. The highest BCUT2D eigenvalue weighted by molar-refractivity contribution is 6.42. The molecule has 1 amide bonds. The molecule has 27 heavy (non-hydrogen) atoms. The Kier molecular flexibility index (Phi) is 5.71. The fourth-order valence-corrected chi connectivity index (χ4v) is 3.91. The molecule has 1 aromatic carbocycles. The van der Waals surface area contributed by atoms with Crippen LogP contribution in [0.25, 0.3) is 0 Å². The number of likely N-dealkylation sites (tertiary alicyclic amines) is 1. The first-order chi connectivity index (χ1) is 13.1. The van der Waals surface area contributed by atoms with Gasteiger partial charge in [-0.05, 0) is 62.5 Å². The molecule has 1 aliphatic carbocycles. The quantitative estimate of drug-likeness (QED) is 0.743. The van der Waals surface area contributed by atoms with Gasteiger partial charge in [-0.3, -0.25) is 9.89 Å². The molecule has 2 aliphatic rings. The number of benzene rings is 1. The van der Waals surface area contributed by atoms with Crippen molar-refractivity contribution in [2.45, 2.75) is 38.1 Å². The zero-order chi connectivity index (χ0) is 18.8. The van der Waals surface area contributed by atoms with Crippen molar-refractivity contribution in [2.75, 3.05) is 26.2 Å². The van der Waals surface area contributed by atoms with Gasteiger partial charge in [0, 0.05) is 31.2 Å². The first-order valence-electron chi connectivity index (χ1n) is 9.61. The van der Waals surface area contributed by atoms with Crippen molar-refractivity contribution >= 4 is 29.1 Å². The second kappa shape index (κ2) is 8.21. The van der Waals surface area contributed by atoms with Gasteiger partial charge >= 0.3 is 0 Å². The summed E-state index contributed by atoms with van der Waals surface area (Å²) < 4.78 is 0. The Balaban J connectivity index is 1.49. The van der Waals surface area contributed by atoms with Crippen LogP contribution in [-0.2, 0) is 6.54 Å². The largest absolute Gasteiger partial charge is 0.332 e. The maximum atomic E-state index is 13.1. The first kappa shape index (κ1) is 18.8. The van der Waals surface area contributed by atoms with Gasteiger partial charge in [-0.1, -0.05) is 29.3 Å². The van der Waals surface area contributed by atoms with Crippen molar-refractivity contribution < 1.29 is 4.79 Å². The molecule has 4 rings (SSSR count). The van der Waals surface area contributed by atoms with Crippen LogP contribution >= 0.6 is 23.2 Å². The first-order valence-corrected chi connectivity index (χ1v) is 10.4. The van der Waals surface area contributed by atoms with Crippen LogP contribution in [-0.4, -0.2) is 52.1 Å². The van der Waals surface area contributed by atoms with Gasteiger partial charge in [-0.2, -0.15) is 5.10 Å². The lowest BCUT2D eigenvalue weighted by Crippen LogP contribution is -2.37. The van der Waals surface area contributed by atoms with E-state index in [9.17, 15) is 4.79 Å². The summed E-state index contributed by atoms with van der Waals surface area (Å²) in [5, 5.41) is 8.34. The highest BCUT2D eigenvalue weighted by atomic mass is 35.5. The van der Waals surface area contributed by atoms with Crippen molar-refractivity contribution in [1.82, 2.24) is 20.0 Å². The van der Waals surface area contributed by atoms with Crippen LogP contribution in [0.2, 0.25) is 10.0 Å². The minimum Gasteiger partial charge on any atom is -0.332 e. The third-order valence-electron chi connectivity index (χ3n) is 5.36. The summed E-state index contributed by atoms with van der Waals surface area (Å²) in [6.45, 7) is 4.28. The second-order valence-electron chi connectivity index (χ2n) is 7.51. The average molecular weight is 407 g/mol.